The molecule has 0 atom stereocenters. The number of carbonyl (C=O) groups excluding carboxylic acids is 3. The summed E-state index contributed by atoms with van der Waals surface area (Å²) in [5.41, 5.74) is 0.754. The number of imide groups is 1. The molecule has 0 saturated heterocycles. The molecule has 0 aliphatic carbocycles. The summed E-state index contributed by atoms with van der Waals surface area (Å²) >= 11 is 0. The van der Waals surface area contributed by atoms with Crippen LogP contribution >= 0.6 is 0 Å². The maximum atomic E-state index is 12.5. The second kappa shape index (κ2) is 7.33. The molecule has 0 spiro atoms. The zero-order chi connectivity index (χ0) is 18.5. The second-order valence-corrected chi connectivity index (χ2v) is 7.10. The fourth-order valence-electron chi connectivity index (χ4n) is 1.59. The predicted octanol–water partition coefficient (Wildman–Crippen LogP) is 3.50. The van der Waals surface area contributed by atoms with Gasteiger partial charge in [0, 0.05) is 5.56 Å². The van der Waals surface area contributed by atoms with E-state index in [1.165, 1.54) is 12.1 Å². The van der Waals surface area contributed by atoms with Crippen LogP contribution in [0.15, 0.2) is 30.3 Å². The lowest BCUT2D eigenvalue weighted by Gasteiger charge is -2.27. The molecule has 7 nitrogen and oxygen atoms in total. The average Bonchev–Trinajstić information content (AvgIpc) is 2.41. The maximum absolute atomic E-state index is 12.5. The Hall–Kier alpha value is -2.57. The molecule has 0 aliphatic heterocycles. The van der Waals surface area contributed by atoms with Gasteiger partial charge in [-0.1, -0.05) is 18.2 Å². The minimum atomic E-state index is -0.998. The molecule has 132 valence electrons. The van der Waals surface area contributed by atoms with E-state index in [1.807, 2.05) is 0 Å². The highest BCUT2D eigenvalue weighted by atomic mass is 16.6. The SMILES string of the molecule is CC(C)(C)OC(=O)NN(C(=O)OC(C)(C)C)C(=O)c1ccccc1. The number of amides is 3. The Kier molecular flexibility index (Phi) is 5.95. The number of hydrogen-bond donors (Lipinski definition) is 1. The van der Waals surface area contributed by atoms with Gasteiger partial charge >= 0.3 is 12.2 Å². The van der Waals surface area contributed by atoms with Crippen LogP contribution < -0.4 is 5.43 Å². The van der Waals surface area contributed by atoms with E-state index in [-0.39, 0.29) is 5.56 Å². The van der Waals surface area contributed by atoms with Gasteiger partial charge in [-0.2, -0.15) is 0 Å². The van der Waals surface area contributed by atoms with Crippen LogP contribution in [0.25, 0.3) is 0 Å². The van der Waals surface area contributed by atoms with E-state index in [1.54, 1.807) is 59.7 Å². The summed E-state index contributed by atoms with van der Waals surface area (Å²) in [4.78, 5) is 36.8. The van der Waals surface area contributed by atoms with E-state index in [4.69, 9.17) is 9.47 Å². The zero-order valence-corrected chi connectivity index (χ0v) is 14.9. The molecule has 7 heteroatoms. The number of benzene rings is 1. The number of nitrogens with zero attached hydrogens (tertiary/aromatic N) is 1. The summed E-state index contributed by atoms with van der Waals surface area (Å²) in [6.45, 7) is 9.98. The van der Waals surface area contributed by atoms with Crippen LogP contribution in [0.4, 0.5) is 9.59 Å². The topological polar surface area (TPSA) is 84.9 Å². The Bertz CT molecular complexity index is 600. The normalized spacial score (nSPS) is 11.4. The number of carbonyl (C=O) groups is 3. The van der Waals surface area contributed by atoms with Crippen molar-refractivity contribution in [1.82, 2.24) is 10.4 Å². The van der Waals surface area contributed by atoms with Gasteiger partial charge in [0.05, 0.1) is 0 Å². The first-order valence-corrected chi connectivity index (χ1v) is 7.51. The van der Waals surface area contributed by atoms with Crippen molar-refractivity contribution in [1.29, 1.82) is 0 Å². The van der Waals surface area contributed by atoms with Crippen molar-refractivity contribution in [3.8, 4) is 0 Å². The summed E-state index contributed by atoms with van der Waals surface area (Å²) in [6.07, 6.45) is -1.93. The van der Waals surface area contributed by atoms with E-state index in [2.05, 4.69) is 5.43 Å². The van der Waals surface area contributed by atoms with Gasteiger partial charge in [-0.05, 0) is 53.7 Å². The largest absolute Gasteiger partial charge is 0.443 e. The molecule has 0 saturated carbocycles. The third-order valence-electron chi connectivity index (χ3n) is 2.40. The molecule has 0 bridgehead atoms. The highest BCUT2D eigenvalue weighted by Gasteiger charge is 2.31. The molecule has 1 rings (SSSR count). The van der Waals surface area contributed by atoms with Crippen LogP contribution in [0.3, 0.4) is 0 Å². The van der Waals surface area contributed by atoms with Gasteiger partial charge in [0.1, 0.15) is 11.2 Å². The number of ether oxygens (including phenoxy) is 2. The lowest BCUT2D eigenvalue weighted by molar-refractivity contribution is 0.00341. The van der Waals surface area contributed by atoms with E-state index in [9.17, 15) is 14.4 Å². The van der Waals surface area contributed by atoms with E-state index >= 15 is 0 Å². The van der Waals surface area contributed by atoms with Gasteiger partial charge in [0.2, 0.25) is 0 Å². The highest BCUT2D eigenvalue weighted by Crippen LogP contribution is 2.13. The number of nitrogens with one attached hydrogen (secondary N) is 1. The Morgan fingerprint density at radius 1 is 0.875 bits per heavy atom. The van der Waals surface area contributed by atoms with Crippen LogP contribution in [0.1, 0.15) is 51.9 Å². The molecule has 1 aromatic carbocycles. The first kappa shape index (κ1) is 19.5. The maximum Gasteiger partial charge on any atom is 0.436 e. The van der Waals surface area contributed by atoms with Crippen molar-refractivity contribution in [3.63, 3.8) is 0 Å². The molecule has 0 heterocycles. The Morgan fingerprint density at radius 2 is 1.38 bits per heavy atom. The number of hydrogen-bond acceptors (Lipinski definition) is 5. The number of hydrazine groups is 1. The third kappa shape index (κ3) is 6.68. The minimum Gasteiger partial charge on any atom is -0.443 e. The van der Waals surface area contributed by atoms with Crippen molar-refractivity contribution in [2.75, 3.05) is 0 Å². The van der Waals surface area contributed by atoms with Crippen LogP contribution in [0, 0.1) is 0 Å². The molecule has 0 unspecified atom stereocenters. The Balaban J connectivity index is 3.01. The molecule has 1 aromatic rings. The van der Waals surface area contributed by atoms with Gasteiger partial charge in [-0.25, -0.2) is 15.0 Å². The van der Waals surface area contributed by atoms with Crippen LogP contribution in [-0.2, 0) is 9.47 Å². The van der Waals surface area contributed by atoms with Crippen molar-refractivity contribution >= 4 is 18.1 Å². The Morgan fingerprint density at radius 3 is 1.83 bits per heavy atom. The second-order valence-electron chi connectivity index (χ2n) is 7.10. The van der Waals surface area contributed by atoms with Gasteiger partial charge in [0.25, 0.3) is 5.91 Å². The minimum absolute atomic E-state index is 0.222. The molecule has 0 fully saturated rings. The highest BCUT2D eigenvalue weighted by molar-refractivity contribution is 6.03. The first-order valence-electron chi connectivity index (χ1n) is 7.51. The zero-order valence-electron chi connectivity index (χ0n) is 14.9. The summed E-state index contributed by atoms with van der Waals surface area (Å²) in [6, 6.07) is 8.07. The third-order valence-corrected chi connectivity index (χ3v) is 2.40. The average molecular weight is 336 g/mol. The van der Waals surface area contributed by atoms with Gasteiger partial charge in [-0.15, -0.1) is 5.01 Å². The van der Waals surface area contributed by atoms with Crippen molar-refractivity contribution < 1.29 is 23.9 Å². The molecule has 0 radical (unpaired) electrons. The summed E-state index contributed by atoms with van der Waals surface area (Å²) < 4.78 is 10.3. The number of rotatable bonds is 1. The molecule has 0 aromatic heterocycles. The standard InChI is InChI=1S/C17H24N2O5/c1-16(2,3)23-14(21)18-19(15(22)24-17(4,5)6)13(20)12-10-8-7-9-11-12/h7-11H,1-6H3,(H,18,21). The van der Waals surface area contributed by atoms with Crippen LogP contribution in [-0.4, -0.2) is 34.3 Å². The molecule has 3 amide bonds. The van der Waals surface area contributed by atoms with Crippen LogP contribution in [0.2, 0.25) is 0 Å². The first-order chi connectivity index (χ1) is 10.9. The van der Waals surface area contributed by atoms with Crippen molar-refractivity contribution in [2.45, 2.75) is 52.7 Å². The molecule has 0 aliphatic rings. The molecular weight excluding hydrogens is 312 g/mol. The van der Waals surface area contributed by atoms with Gasteiger partial charge in [0.15, 0.2) is 0 Å². The molecule has 24 heavy (non-hydrogen) atoms. The lowest BCUT2D eigenvalue weighted by atomic mass is 10.2. The van der Waals surface area contributed by atoms with E-state index in [0.29, 0.717) is 5.01 Å². The Labute approximate surface area is 141 Å². The monoisotopic (exact) mass is 336 g/mol. The van der Waals surface area contributed by atoms with Crippen molar-refractivity contribution in [2.24, 2.45) is 0 Å². The van der Waals surface area contributed by atoms with Crippen LogP contribution in [0.5, 0.6) is 0 Å². The molecule has 1 N–H and O–H groups in total. The quantitative estimate of drug-likeness (QED) is 0.793. The molecular formula is C17H24N2O5. The van der Waals surface area contributed by atoms with E-state index in [0.717, 1.165) is 0 Å². The lowest BCUT2D eigenvalue weighted by Crippen LogP contribution is -2.52. The fraction of sp³-hybridized carbons (Fsp3) is 0.471. The van der Waals surface area contributed by atoms with Gasteiger partial charge in [-0.3, -0.25) is 4.79 Å². The smallest absolute Gasteiger partial charge is 0.436 e. The summed E-state index contributed by atoms with van der Waals surface area (Å²) in [5.74, 6) is -0.726. The van der Waals surface area contributed by atoms with Crippen molar-refractivity contribution in [3.05, 3.63) is 35.9 Å². The fourth-order valence-corrected chi connectivity index (χ4v) is 1.59. The summed E-state index contributed by atoms with van der Waals surface area (Å²) in [7, 11) is 0. The van der Waals surface area contributed by atoms with E-state index < -0.39 is 29.3 Å². The summed E-state index contributed by atoms with van der Waals surface area (Å²) in [5, 5.41) is 0.509. The van der Waals surface area contributed by atoms with Gasteiger partial charge < -0.3 is 9.47 Å². The predicted molar refractivity (Wildman–Crippen MR) is 88.2 cm³/mol.